The van der Waals surface area contributed by atoms with Crippen molar-refractivity contribution in [2.24, 2.45) is 0 Å². The molecule has 1 aromatic carbocycles. The van der Waals surface area contributed by atoms with Gasteiger partial charge < -0.3 is 5.32 Å². The first-order valence-corrected chi connectivity index (χ1v) is 6.83. The van der Waals surface area contributed by atoms with E-state index in [1.54, 1.807) is 0 Å². The van der Waals surface area contributed by atoms with Crippen LogP contribution in [0.25, 0.3) is 0 Å². The topological polar surface area (TPSA) is 15.3 Å². The number of rotatable bonds is 4. The molecule has 94 valence electrons. The lowest BCUT2D eigenvalue weighted by Crippen LogP contribution is -2.49. The summed E-state index contributed by atoms with van der Waals surface area (Å²) in [6.45, 7) is 6.94. The quantitative estimate of drug-likeness (QED) is 0.886. The molecule has 0 amide bonds. The van der Waals surface area contributed by atoms with Gasteiger partial charge in [0, 0.05) is 30.7 Å². The van der Waals surface area contributed by atoms with Crippen LogP contribution in [0.4, 0.5) is 0 Å². The summed E-state index contributed by atoms with van der Waals surface area (Å²) >= 11 is 5.87. The van der Waals surface area contributed by atoms with E-state index in [1.165, 1.54) is 25.1 Å². The van der Waals surface area contributed by atoms with Gasteiger partial charge in [0.05, 0.1) is 0 Å². The van der Waals surface area contributed by atoms with Crippen molar-refractivity contribution in [3.8, 4) is 0 Å². The minimum atomic E-state index is 0.675. The van der Waals surface area contributed by atoms with Crippen LogP contribution in [0.3, 0.4) is 0 Å². The number of benzene rings is 1. The molecule has 0 aliphatic carbocycles. The van der Waals surface area contributed by atoms with Crippen LogP contribution in [0.2, 0.25) is 5.02 Å². The highest BCUT2D eigenvalue weighted by Crippen LogP contribution is 2.12. The molecule has 1 aliphatic heterocycles. The molecule has 0 bridgehead atoms. The van der Waals surface area contributed by atoms with Gasteiger partial charge in [-0.2, -0.15) is 0 Å². The Hall–Kier alpha value is -0.570. The van der Waals surface area contributed by atoms with Crippen molar-refractivity contribution in [2.45, 2.75) is 25.8 Å². The molecular weight excluding hydrogens is 232 g/mol. The molecule has 1 atom stereocenters. The predicted octanol–water partition coefficient (Wildman–Crippen LogP) is 2.57. The molecule has 3 heteroatoms. The van der Waals surface area contributed by atoms with Gasteiger partial charge in [-0.3, -0.25) is 4.90 Å². The van der Waals surface area contributed by atoms with Crippen molar-refractivity contribution in [3.63, 3.8) is 0 Å². The highest BCUT2D eigenvalue weighted by Gasteiger charge is 2.16. The van der Waals surface area contributed by atoms with Crippen LogP contribution in [0.15, 0.2) is 24.3 Å². The molecule has 1 unspecified atom stereocenters. The summed E-state index contributed by atoms with van der Waals surface area (Å²) in [7, 11) is 0. The number of aryl methyl sites for hydroxylation is 1. The zero-order valence-corrected chi connectivity index (χ0v) is 11.2. The fraction of sp³-hybridized carbons (Fsp3) is 0.571. The first-order valence-electron chi connectivity index (χ1n) is 6.45. The Balaban J connectivity index is 1.73. The van der Waals surface area contributed by atoms with E-state index in [9.17, 15) is 0 Å². The number of hydrogen-bond donors (Lipinski definition) is 1. The van der Waals surface area contributed by atoms with E-state index in [-0.39, 0.29) is 0 Å². The lowest BCUT2D eigenvalue weighted by atomic mass is 10.1. The van der Waals surface area contributed by atoms with Crippen LogP contribution in [0.1, 0.15) is 18.9 Å². The number of hydrogen-bond acceptors (Lipinski definition) is 2. The maximum atomic E-state index is 5.87. The summed E-state index contributed by atoms with van der Waals surface area (Å²) in [6.07, 6.45) is 2.37. The Morgan fingerprint density at radius 1 is 1.35 bits per heavy atom. The van der Waals surface area contributed by atoms with Gasteiger partial charge in [0.1, 0.15) is 0 Å². The van der Waals surface area contributed by atoms with Crippen LogP contribution in [-0.4, -0.2) is 37.1 Å². The first kappa shape index (κ1) is 12.9. The van der Waals surface area contributed by atoms with Crippen LogP contribution in [-0.2, 0) is 6.42 Å². The molecule has 1 aliphatic rings. The van der Waals surface area contributed by atoms with E-state index >= 15 is 0 Å². The summed E-state index contributed by atoms with van der Waals surface area (Å²) in [6, 6.07) is 8.88. The highest BCUT2D eigenvalue weighted by molar-refractivity contribution is 6.30. The van der Waals surface area contributed by atoms with Crippen molar-refractivity contribution in [3.05, 3.63) is 34.9 Å². The van der Waals surface area contributed by atoms with E-state index in [2.05, 4.69) is 29.3 Å². The molecule has 1 fully saturated rings. The number of piperazine rings is 1. The number of halogens is 1. The minimum Gasteiger partial charge on any atom is -0.314 e. The third-order valence-corrected chi connectivity index (χ3v) is 3.71. The second-order valence-corrected chi connectivity index (χ2v) is 5.26. The average Bonchev–Trinajstić information content (AvgIpc) is 2.34. The van der Waals surface area contributed by atoms with Gasteiger partial charge in [0.25, 0.3) is 0 Å². The van der Waals surface area contributed by atoms with Crippen molar-refractivity contribution in [1.82, 2.24) is 10.2 Å². The van der Waals surface area contributed by atoms with Crippen LogP contribution >= 0.6 is 11.6 Å². The normalized spacial score (nSPS) is 21.6. The van der Waals surface area contributed by atoms with Crippen molar-refractivity contribution in [2.75, 3.05) is 26.2 Å². The first-order chi connectivity index (χ1) is 8.25. The van der Waals surface area contributed by atoms with Crippen molar-refractivity contribution < 1.29 is 0 Å². The van der Waals surface area contributed by atoms with Gasteiger partial charge >= 0.3 is 0 Å². The number of nitrogens with zero attached hydrogens (tertiary/aromatic N) is 1. The molecule has 17 heavy (non-hydrogen) atoms. The molecule has 2 rings (SSSR count). The fourth-order valence-corrected chi connectivity index (χ4v) is 2.48. The summed E-state index contributed by atoms with van der Waals surface area (Å²) in [4.78, 5) is 2.58. The number of nitrogens with one attached hydrogen (secondary N) is 1. The second kappa shape index (κ2) is 6.39. The van der Waals surface area contributed by atoms with E-state index in [0.29, 0.717) is 6.04 Å². The summed E-state index contributed by atoms with van der Waals surface area (Å²) in [5.74, 6) is 0. The van der Waals surface area contributed by atoms with Crippen molar-refractivity contribution in [1.29, 1.82) is 0 Å². The highest BCUT2D eigenvalue weighted by atomic mass is 35.5. The maximum Gasteiger partial charge on any atom is 0.0406 e. The van der Waals surface area contributed by atoms with E-state index in [4.69, 9.17) is 11.6 Å². The van der Waals surface area contributed by atoms with Crippen LogP contribution in [0, 0.1) is 0 Å². The van der Waals surface area contributed by atoms with Crippen LogP contribution < -0.4 is 5.32 Å². The smallest absolute Gasteiger partial charge is 0.0406 e. The molecule has 1 N–H and O–H groups in total. The fourth-order valence-electron chi connectivity index (χ4n) is 2.35. The molecule has 0 radical (unpaired) electrons. The van der Waals surface area contributed by atoms with Gasteiger partial charge in [0.15, 0.2) is 0 Å². The Bertz CT molecular complexity index is 337. The third-order valence-electron chi connectivity index (χ3n) is 3.46. The second-order valence-electron chi connectivity index (χ2n) is 4.82. The molecule has 1 heterocycles. The summed E-state index contributed by atoms with van der Waals surface area (Å²) < 4.78 is 0. The van der Waals surface area contributed by atoms with Gasteiger partial charge in [-0.15, -0.1) is 0 Å². The zero-order chi connectivity index (χ0) is 12.1. The molecule has 1 aromatic rings. The Morgan fingerprint density at radius 3 is 2.82 bits per heavy atom. The summed E-state index contributed by atoms with van der Waals surface area (Å²) in [5, 5.41) is 4.25. The molecule has 2 nitrogen and oxygen atoms in total. The minimum absolute atomic E-state index is 0.675. The standard InChI is InChI=1S/C14H21ClN2/c1-12-11-16-8-10-17(12)9-2-3-13-4-6-14(15)7-5-13/h4-7,12,16H,2-3,8-11H2,1H3. The van der Waals surface area contributed by atoms with Crippen molar-refractivity contribution >= 4 is 11.6 Å². The third kappa shape index (κ3) is 3.98. The molecule has 0 aromatic heterocycles. The van der Waals surface area contributed by atoms with Crippen LogP contribution in [0.5, 0.6) is 0 Å². The maximum absolute atomic E-state index is 5.87. The lowest BCUT2D eigenvalue weighted by molar-refractivity contribution is 0.172. The Kier molecular flexibility index (Phi) is 4.84. The van der Waals surface area contributed by atoms with Gasteiger partial charge in [-0.1, -0.05) is 23.7 Å². The average molecular weight is 253 g/mol. The van der Waals surface area contributed by atoms with Gasteiger partial charge in [0.2, 0.25) is 0 Å². The Morgan fingerprint density at radius 2 is 2.12 bits per heavy atom. The SMILES string of the molecule is CC1CNCCN1CCCc1ccc(Cl)cc1. The molecule has 0 spiro atoms. The predicted molar refractivity (Wildman–Crippen MR) is 73.7 cm³/mol. The largest absolute Gasteiger partial charge is 0.314 e. The Labute approximate surface area is 109 Å². The molecular formula is C14H21ClN2. The van der Waals surface area contributed by atoms with E-state index < -0.39 is 0 Å². The van der Waals surface area contributed by atoms with Gasteiger partial charge in [-0.25, -0.2) is 0 Å². The molecule has 1 saturated heterocycles. The zero-order valence-electron chi connectivity index (χ0n) is 10.5. The monoisotopic (exact) mass is 252 g/mol. The van der Waals surface area contributed by atoms with E-state index in [1.807, 2.05) is 12.1 Å². The lowest BCUT2D eigenvalue weighted by Gasteiger charge is -2.33. The molecule has 0 saturated carbocycles. The van der Waals surface area contributed by atoms with Gasteiger partial charge in [-0.05, 0) is 44.0 Å². The summed E-state index contributed by atoms with van der Waals surface area (Å²) in [5.41, 5.74) is 1.39. The van der Waals surface area contributed by atoms with E-state index in [0.717, 1.165) is 24.5 Å².